The third kappa shape index (κ3) is 8.33. The Hall–Kier alpha value is -2.33. The molecule has 38 heavy (non-hydrogen) atoms. The summed E-state index contributed by atoms with van der Waals surface area (Å²) >= 11 is 2.00. The van der Waals surface area contributed by atoms with Gasteiger partial charge < -0.3 is 18.9 Å². The van der Waals surface area contributed by atoms with Crippen molar-refractivity contribution in [1.82, 2.24) is 0 Å². The van der Waals surface area contributed by atoms with Crippen LogP contribution in [0.1, 0.15) is 101 Å². The smallest absolute Gasteiger partial charge is 0.394 e. The molecule has 0 bridgehead atoms. The fraction of sp³-hybridized carbons (Fsp3) is 0.533. The first-order chi connectivity index (χ1) is 17.7. The molecule has 0 aliphatic heterocycles. The first-order valence-electron chi connectivity index (χ1n) is 13.1. The van der Waals surface area contributed by atoms with Crippen LogP contribution in [0.25, 0.3) is 0 Å². The number of benzene rings is 2. The molecule has 0 saturated heterocycles. The average molecular weight is 641 g/mol. The van der Waals surface area contributed by atoms with E-state index in [-0.39, 0.29) is 34.9 Å². The topological polar surface area (TPSA) is 71.1 Å². The first-order valence-corrected chi connectivity index (χ1v) is 14.4. The van der Waals surface area contributed by atoms with E-state index in [1.165, 1.54) is 0 Å². The number of nitrogens with zero attached hydrogens (tertiary/aromatic N) is 1. The molecule has 2 rings (SSSR count). The zero-order valence-electron chi connectivity index (χ0n) is 24.3. The highest BCUT2D eigenvalue weighted by Crippen LogP contribution is 2.36. The van der Waals surface area contributed by atoms with E-state index in [1.54, 1.807) is 14.1 Å². The molecule has 0 amide bonds. The van der Waals surface area contributed by atoms with E-state index in [1.807, 2.05) is 59.0 Å². The van der Waals surface area contributed by atoms with Gasteiger partial charge in [0.1, 0.15) is 11.5 Å². The van der Waals surface area contributed by atoms with E-state index < -0.39 is 16.5 Å². The van der Waals surface area contributed by atoms with Crippen molar-refractivity contribution in [1.29, 1.82) is 0 Å². The molecule has 8 heteroatoms. The van der Waals surface area contributed by atoms with Crippen LogP contribution >= 0.6 is 22.6 Å². The van der Waals surface area contributed by atoms with Crippen LogP contribution in [0.15, 0.2) is 36.4 Å². The molecule has 7 nitrogen and oxygen atoms in total. The van der Waals surface area contributed by atoms with E-state index in [2.05, 4.69) is 55.4 Å². The summed E-state index contributed by atoms with van der Waals surface area (Å²) in [7, 11) is 3.59. The molecular formula is C30H43INO6+. The van der Waals surface area contributed by atoms with Crippen molar-refractivity contribution in [3.63, 3.8) is 0 Å². The average Bonchev–Trinajstić information content (AvgIpc) is 2.82. The Morgan fingerprint density at radius 2 is 1.03 bits per heavy atom. The molecule has 210 valence electrons. The molecule has 0 N–H and O–H groups in total. The van der Waals surface area contributed by atoms with E-state index in [0.29, 0.717) is 11.5 Å². The Kier molecular flexibility index (Phi) is 11.4. The SMILES string of the molecule is CC(C)c1cccc(C(C)C)c1OC(=O)OC[N+](C)(C)C(I)OC(=O)Oc1c(C(C)C)cccc1C(C)C. The highest BCUT2D eigenvalue weighted by Gasteiger charge is 2.33. The number of ether oxygens (including phenoxy) is 4. The number of alkyl halides is 1. The van der Waals surface area contributed by atoms with Crippen LogP contribution in [0, 0.1) is 0 Å². The van der Waals surface area contributed by atoms with Crippen molar-refractivity contribution in [2.75, 3.05) is 20.8 Å². The second kappa shape index (κ2) is 13.6. The number of para-hydroxylation sites is 2. The van der Waals surface area contributed by atoms with Crippen LogP contribution < -0.4 is 9.47 Å². The quantitative estimate of drug-likeness (QED) is 0.0493. The van der Waals surface area contributed by atoms with Crippen LogP contribution in [0.4, 0.5) is 9.59 Å². The van der Waals surface area contributed by atoms with Gasteiger partial charge in [-0.15, -0.1) is 0 Å². The molecule has 1 unspecified atom stereocenters. The molecular weight excluding hydrogens is 597 g/mol. The maximum atomic E-state index is 12.8. The highest BCUT2D eigenvalue weighted by atomic mass is 127. The summed E-state index contributed by atoms with van der Waals surface area (Å²) in [6.07, 6.45) is -1.61. The molecule has 0 aliphatic rings. The fourth-order valence-electron chi connectivity index (χ4n) is 3.92. The standard InChI is InChI=1S/C30H43INO6/c1-18(2)22-13-11-14-23(19(3)4)26(22)36-29(33)35-17-32(9,10)28(31)38-30(34)37-27-24(20(5)6)15-12-16-25(27)21(7)8/h11-16,18-21,28H,17H2,1-10H3/q+1. The Labute approximate surface area is 241 Å². The molecule has 2 aromatic rings. The van der Waals surface area contributed by atoms with Gasteiger partial charge in [0.15, 0.2) is 0 Å². The summed E-state index contributed by atoms with van der Waals surface area (Å²) in [4.78, 5) is 25.5. The van der Waals surface area contributed by atoms with Gasteiger partial charge in [-0.25, -0.2) is 9.59 Å². The molecule has 1 atom stereocenters. The summed E-state index contributed by atoms with van der Waals surface area (Å²) in [6.45, 7) is 16.4. The second-order valence-electron chi connectivity index (χ2n) is 11.3. The fourth-order valence-corrected chi connectivity index (χ4v) is 4.29. The zero-order chi connectivity index (χ0) is 28.8. The summed E-state index contributed by atoms with van der Waals surface area (Å²) < 4.78 is 21.9. The maximum Gasteiger partial charge on any atom is 0.519 e. The van der Waals surface area contributed by atoms with Crippen LogP contribution in [0.2, 0.25) is 0 Å². The maximum absolute atomic E-state index is 12.8. The minimum absolute atomic E-state index is 0.0521. The molecule has 0 heterocycles. The second-order valence-corrected chi connectivity index (χ2v) is 12.4. The Morgan fingerprint density at radius 1 is 0.684 bits per heavy atom. The summed E-state index contributed by atoms with van der Waals surface area (Å²) in [6, 6.07) is 11.8. The molecule has 0 aromatic heterocycles. The number of carbonyl (C=O) groups is 2. The predicted molar refractivity (Wildman–Crippen MR) is 158 cm³/mol. The van der Waals surface area contributed by atoms with Gasteiger partial charge in [-0.3, -0.25) is 4.48 Å². The van der Waals surface area contributed by atoms with Crippen LogP contribution in [-0.2, 0) is 9.47 Å². The summed E-state index contributed by atoms with van der Waals surface area (Å²) in [5.41, 5.74) is 3.78. The Bertz CT molecular complexity index is 1060. The van der Waals surface area contributed by atoms with Gasteiger partial charge in [-0.2, -0.15) is 0 Å². The largest absolute Gasteiger partial charge is 0.519 e. The first kappa shape index (κ1) is 31.9. The highest BCUT2D eigenvalue weighted by molar-refractivity contribution is 14.1. The number of hydrogen-bond acceptors (Lipinski definition) is 6. The molecule has 0 radical (unpaired) electrons. The zero-order valence-corrected chi connectivity index (χ0v) is 26.5. The predicted octanol–water partition coefficient (Wildman–Crippen LogP) is 8.66. The van der Waals surface area contributed by atoms with Crippen LogP contribution in [0.5, 0.6) is 11.5 Å². The van der Waals surface area contributed by atoms with Gasteiger partial charge in [-0.05, 0) is 45.9 Å². The van der Waals surface area contributed by atoms with Crippen molar-refractivity contribution in [3.8, 4) is 11.5 Å². The van der Waals surface area contributed by atoms with E-state index in [0.717, 1.165) is 22.3 Å². The third-order valence-corrected chi connectivity index (χ3v) is 8.03. The Balaban J connectivity index is 2.08. The normalized spacial score (nSPS) is 12.7. The van der Waals surface area contributed by atoms with Crippen molar-refractivity contribution in [2.24, 2.45) is 0 Å². The number of hydrogen-bond donors (Lipinski definition) is 0. The lowest BCUT2D eigenvalue weighted by atomic mass is 9.94. The van der Waals surface area contributed by atoms with Crippen molar-refractivity contribution >= 4 is 34.9 Å². The van der Waals surface area contributed by atoms with Gasteiger partial charge in [0, 0.05) is 22.6 Å². The number of halogens is 1. The summed E-state index contributed by atoms with van der Waals surface area (Å²) in [5.74, 6) is 1.80. The van der Waals surface area contributed by atoms with E-state index in [4.69, 9.17) is 18.9 Å². The molecule has 2 aromatic carbocycles. The number of carbonyl (C=O) groups excluding carboxylic acids is 2. The van der Waals surface area contributed by atoms with Crippen molar-refractivity contribution in [2.45, 2.75) is 83.3 Å². The lowest BCUT2D eigenvalue weighted by Gasteiger charge is -2.32. The van der Waals surface area contributed by atoms with Crippen molar-refractivity contribution in [3.05, 3.63) is 58.7 Å². The molecule has 0 fully saturated rings. The van der Waals surface area contributed by atoms with Crippen molar-refractivity contribution < 1.29 is 33.0 Å². The van der Waals surface area contributed by atoms with Gasteiger partial charge in [0.2, 0.25) is 6.73 Å². The van der Waals surface area contributed by atoms with Gasteiger partial charge in [-0.1, -0.05) is 91.8 Å². The minimum atomic E-state index is -0.805. The molecule has 0 saturated carbocycles. The number of rotatable bonds is 10. The van der Waals surface area contributed by atoms with E-state index >= 15 is 0 Å². The van der Waals surface area contributed by atoms with E-state index in [9.17, 15) is 9.59 Å². The van der Waals surface area contributed by atoms with Gasteiger partial charge in [0.05, 0.1) is 14.1 Å². The summed E-state index contributed by atoms with van der Waals surface area (Å²) in [5, 5.41) is 0. The molecule has 0 aliphatic carbocycles. The molecule has 0 spiro atoms. The monoisotopic (exact) mass is 640 g/mol. The van der Waals surface area contributed by atoms with Crippen LogP contribution in [0.3, 0.4) is 0 Å². The third-order valence-electron chi connectivity index (χ3n) is 6.27. The lowest BCUT2D eigenvalue weighted by molar-refractivity contribution is -0.929. The van der Waals surface area contributed by atoms with Gasteiger partial charge >= 0.3 is 12.3 Å². The van der Waals surface area contributed by atoms with Gasteiger partial charge in [0.25, 0.3) is 4.23 Å². The number of quaternary nitrogens is 1. The van der Waals surface area contributed by atoms with Crippen LogP contribution in [-0.4, -0.2) is 41.9 Å². The minimum Gasteiger partial charge on any atom is -0.394 e. The lowest BCUT2D eigenvalue weighted by Crippen LogP contribution is -2.50. The Morgan fingerprint density at radius 3 is 1.37 bits per heavy atom.